The second-order valence-electron chi connectivity index (χ2n) is 4.18. The lowest BCUT2D eigenvalue weighted by atomic mass is 10.2. The predicted octanol–water partition coefficient (Wildman–Crippen LogP) is 2.70. The molecule has 2 aromatic heterocycles. The van der Waals surface area contributed by atoms with Crippen LogP contribution in [0, 0.1) is 6.92 Å². The van der Waals surface area contributed by atoms with Crippen molar-refractivity contribution in [2.24, 2.45) is 0 Å². The van der Waals surface area contributed by atoms with Gasteiger partial charge in [0.2, 0.25) is 0 Å². The Balaban J connectivity index is 1.88. The number of benzene rings is 1. The molecule has 1 N–H and O–H groups in total. The zero-order valence-corrected chi connectivity index (χ0v) is 11.6. The molecule has 0 aliphatic carbocycles. The Kier molecular flexibility index (Phi) is 3.30. The SMILES string of the molecule is Cc1sc(-c2ccccc2)nc1C(=O)Nn1cccn1. The molecule has 3 aromatic rings. The van der Waals surface area contributed by atoms with E-state index in [0.29, 0.717) is 5.69 Å². The van der Waals surface area contributed by atoms with Gasteiger partial charge in [-0.3, -0.25) is 4.79 Å². The minimum absolute atomic E-state index is 0.260. The maximum absolute atomic E-state index is 12.1. The van der Waals surface area contributed by atoms with Crippen LogP contribution in [-0.2, 0) is 0 Å². The van der Waals surface area contributed by atoms with Crippen LogP contribution in [0.15, 0.2) is 48.8 Å². The fraction of sp³-hybridized carbons (Fsp3) is 0.0714. The first-order chi connectivity index (χ1) is 9.74. The van der Waals surface area contributed by atoms with E-state index in [1.807, 2.05) is 37.3 Å². The van der Waals surface area contributed by atoms with Crippen molar-refractivity contribution in [3.63, 3.8) is 0 Å². The summed E-state index contributed by atoms with van der Waals surface area (Å²) in [4.78, 5) is 18.8. The molecule has 0 unspecified atom stereocenters. The minimum atomic E-state index is -0.260. The van der Waals surface area contributed by atoms with Crippen molar-refractivity contribution in [2.75, 3.05) is 5.43 Å². The Morgan fingerprint density at radius 1 is 1.25 bits per heavy atom. The normalized spacial score (nSPS) is 10.4. The molecule has 0 saturated heterocycles. The minimum Gasteiger partial charge on any atom is -0.266 e. The van der Waals surface area contributed by atoms with E-state index in [4.69, 9.17) is 0 Å². The van der Waals surface area contributed by atoms with Gasteiger partial charge in [-0.25, -0.2) is 10.4 Å². The standard InChI is InChI=1S/C14H12N4OS/c1-10-12(13(19)17-18-9-5-8-15-18)16-14(20-10)11-6-3-2-4-7-11/h2-9H,1H3,(H,17,19). The maximum atomic E-state index is 12.1. The van der Waals surface area contributed by atoms with Crippen LogP contribution in [0.3, 0.4) is 0 Å². The van der Waals surface area contributed by atoms with Crippen LogP contribution in [0.25, 0.3) is 10.6 Å². The zero-order chi connectivity index (χ0) is 13.9. The number of aromatic nitrogens is 3. The zero-order valence-electron chi connectivity index (χ0n) is 10.8. The van der Waals surface area contributed by atoms with E-state index in [1.54, 1.807) is 18.5 Å². The first kappa shape index (κ1) is 12.6. The Labute approximate surface area is 119 Å². The molecule has 5 nitrogen and oxygen atoms in total. The van der Waals surface area contributed by atoms with Gasteiger partial charge in [-0.2, -0.15) is 9.89 Å². The molecule has 0 spiro atoms. The number of hydrogen-bond acceptors (Lipinski definition) is 4. The van der Waals surface area contributed by atoms with E-state index in [1.165, 1.54) is 16.1 Å². The average Bonchev–Trinajstić information content (AvgIpc) is 3.09. The molecule has 1 amide bonds. The second kappa shape index (κ2) is 5.26. The highest BCUT2D eigenvalue weighted by Crippen LogP contribution is 2.27. The van der Waals surface area contributed by atoms with Crippen molar-refractivity contribution < 1.29 is 4.79 Å². The van der Waals surface area contributed by atoms with E-state index in [-0.39, 0.29) is 5.91 Å². The van der Waals surface area contributed by atoms with Crippen LogP contribution in [0.5, 0.6) is 0 Å². The fourth-order valence-corrected chi connectivity index (χ4v) is 2.72. The van der Waals surface area contributed by atoms with Crippen LogP contribution < -0.4 is 5.43 Å². The molecule has 0 fully saturated rings. The number of carbonyl (C=O) groups is 1. The summed E-state index contributed by atoms with van der Waals surface area (Å²) in [5.41, 5.74) is 4.10. The van der Waals surface area contributed by atoms with Gasteiger partial charge in [0.25, 0.3) is 5.91 Å². The average molecular weight is 284 g/mol. The third-order valence-corrected chi connectivity index (χ3v) is 3.77. The number of amides is 1. The van der Waals surface area contributed by atoms with Crippen molar-refractivity contribution in [3.05, 3.63) is 59.4 Å². The molecule has 3 rings (SSSR count). The number of carbonyl (C=O) groups excluding carboxylic acids is 1. The molecule has 0 bridgehead atoms. The number of rotatable bonds is 3. The molecule has 0 aliphatic heterocycles. The molecule has 6 heteroatoms. The number of nitrogens with zero attached hydrogens (tertiary/aromatic N) is 3. The maximum Gasteiger partial charge on any atom is 0.291 e. The number of aryl methyl sites for hydroxylation is 1. The molecule has 2 heterocycles. The third kappa shape index (κ3) is 2.46. The number of thiazole rings is 1. The van der Waals surface area contributed by atoms with E-state index in [2.05, 4.69) is 15.5 Å². The van der Waals surface area contributed by atoms with E-state index in [0.717, 1.165) is 15.4 Å². The molecular weight excluding hydrogens is 272 g/mol. The molecule has 20 heavy (non-hydrogen) atoms. The lowest BCUT2D eigenvalue weighted by Gasteiger charge is -2.02. The molecule has 1 aromatic carbocycles. The van der Waals surface area contributed by atoms with Gasteiger partial charge < -0.3 is 0 Å². The Bertz CT molecular complexity index is 719. The number of nitrogens with one attached hydrogen (secondary N) is 1. The number of hydrogen-bond donors (Lipinski definition) is 1. The van der Waals surface area contributed by atoms with Gasteiger partial charge in [-0.05, 0) is 13.0 Å². The molecule has 0 atom stereocenters. The van der Waals surface area contributed by atoms with Gasteiger partial charge in [0, 0.05) is 16.6 Å². The Morgan fingerprint density at radius 2 is 2.05 bits per heavy atom. The topological polar surface area (TPSA) is 59.8 Å². The monoisotopic (exact) mass is 284 g/mol. The highest BCUT2D eigenvalue weighted by atomic mass is 32.1. The lowest BCUT2D eigenvalue weighted by Crippen LogP contribution is -2.24. The summed E-state index contributed by atoms with van der Waals surface area (Å²) in [7, 11) is 0. The summed E-state index contributed by atoms with van der Waals surface area (Å²) < 4.78 is 0. The second-order valence-corrected chi connectivity index (χ2v) is 5.38. The smallest absolute Gasteiger partial charge is 0.266 e. The molecular formula is C14H12N4OS. The third-order valence-electron chi connectivity index (χ3n) is 2.75. The van der Waals surface area contributed by atoms with Gasteiger partial charge in [-0.1, -0.05) is 30.3 Å². The van der Waals surface area contributed by atoms with Crippen LogP contribution in [0.1, 0.15) is 15.4 Å². The van der Waals surface area contributed by atoms with Gasteiger partial charge >= 0.3 is 0 Å². The van der Waals surface area contributed by atoms with Gasteiger partial charge in [-0.15, -0.1) is 11.3 Å². The summed E-state index contributed by atoms with van der Waals surface area (Å²) in [6.07, 6.45) is 3.27. The highest BCUT2D eigenvalue weighted by Gasteiger charge is 2.16. The van der Waals surface area contributed by atoms with Crippen molar-refractivity contribution >= 4 is 17.2 Å². The first-order valence-corrected chi connectivity index (χ1v) is 6.89. The summed E-state index contributed by atoms with van der Waals surface area (Å²) in [5, 5.41) is 4.78. The van der Waals surface area contributed by atoms with Crippen molar-refractivity contribution in [1.29, 1.82) is 0 Å². The van der Waals surface area contributed by atoms with Crippen LogP contribution in [-0.4, -0.2) is 20.8 Å². The lowest BCUT2D eigenvalue weighted by molar-refractivity contribution is 0.100. The predicted molar refractivity (Wildman–Crippen MR) is 78.2 cm³/mol. The summed E-state index contributed by atoms with van der Waals surface area (Å²) in [6.45, 7) is 1.89. The van der Waals surface area contributed by atoms with Crippen LogP contribution >= 0.6 is 11.3 Å². The van der Waals surface area contributed by atoms with Gasteiger partial charge in [0.1, 0.15) is 10.7 Å². The summed E-state index contributed by atoms with van der Waals surface area (Å²) in [5.74, 6) is -0.260. The largest absolute Gasteiger partial charge is 0.291 e. The van der Waals surface area contributed by atoms with Gasteiger partial charge in [0.15, 0.2) is 0 Å². The first-order valence-electron chi connectivity index (χ1n) is 6.08. The fourth-order valence-electron chi connectivity index (χ4n) is 1.80. The quantitative estimate of drug-likeness (QED) is 0.804. The molecule has 0 aliphatic rings. The van der Waals surface area contributed by atoms with Gasteiger partial charge in [0.05, 0.1) is 6.20 Å². The van der Waals surface area contributed by atoms with E-state index < -0.39 is 0 Å². The summed E-state index contributed by atoms with van der Waals surface area (Å²) >= 11 is 1.51. The van der Waals surface area contributed by atoms with E-state index in [9.17, 15) is 4.79 Å². The van der Waals surface area contributed by atoms with E-state index >= 15 is 0 Å². The van der Waals surface area contributed by atoms with Crippen LogP contribution in [0.4, 0.5) is 0 Å². The van der Waals surface area contributed by atoms with Crippen LogP contribution in [0.2, 0.25) is 0 Å². The molecule has 0 saturated carbocycles. The van der Waals surface area contributed by atoms with Crippen molar-refractivity contribution in [3.8, 4) is 10.6 Å². The Hall–Kier alpha value is -2.47. The summed E-state index contributed by atoms with van der Waals surface area (Å²) in [6, 6.07) is 11.6. The van der Waals surface area contributed by atoms with Crippen molar-refractivity contribution in [2.45, 2.75) is 6.92 Å². The highest BCUT2D eigenvalue weighted by molar-refractivity contribution is 7.15. The molecule has 0 radical (unpaired) electrons. The van der Waals surface area contributed by atoms with Crippen molar-refractivity contribution in [1.82, 2.24) is 14.9 Å². The Morgan fingerprint density at radius 3 is 2.75 bits per heavy atom. The molecule has 100 valence electrons.